The van der Waals surface area contributed by atoms with Crippen LogP contribution in [0.3, 0.4) is 0 Å². The zero-order chi connectivity index (χ0) is 11.1. The highest BCUT2D eigenvalue weighted by atomic mass is 32.2. The van der Waals surface area contributed by atoms with Gasteiger partial charge in [0.15, 0.2) is 0 Å². The van der Waals surface area contributed by atoms with Gasteiger partial charge in [-0.05, 0) is 13.0 Å². The van der Waals surface area contributed by atoms with Gasteiger partial charge in [-0.3, -0.25) is 4.72 Å². The van der Waals surface area contributed by atoms with E-state index in [0.29, 0.717) is 5.69 Å². The molecule has 2 aromatic rings. The second-order valence-electron chi connectivity index (χ2n) is 3.40. The molecule has 0 aliphatic heterocycles. The van der Waals surface area contributed by atoms with Crippen molar-refractivity contribution in [3.63, 3.8) is 0 Å². The van der Waals surface area contributed by atoms with Crippen molar-refractivity contribution in [3.05, 3.63) is 29.1 Å². The van der Waals surface area contributed by atoms with E-state index in [1.807, 2.05) is 31.2 Å². The predicted molar refractivity (Wildman–Crippen MR) is 65.0 cm³/mol. The first-order valence-corrected chi connectivity index (χ1v) is 7.14. The third kappa shape index (κ3) is 2.13. The molecule has 0 saturated heterocycles. The van der Waals surface area contributed by atoms with Gasteiger partial charge >= 0.3 is 0 Å². The molecule has 0 spiro atoms. The minimum absolute atomic E-state index is 0.707. The van der Waals surface area contributed by atoms with Crippen molar-refractivity contribution in [3.8, 4) is 0 Å². The number of thiophene rings is 1. The van der Waals surface area contributed by atoms with Crippen molar-refractivity contribution in [2.45, 2.75) is 6.92 Å². The summed E-state index contributed by atoms with van der Waals surface area (Å²) in [5.41, 5.74) is 0.707. The molecule has 1 N–H and O–H groups in total. The Bertz CT molecular complexity index is 599. The second kappa shape index (κ2) is 3.50. The Labute approximate surface area is 92.8 Å². The van der Waals surface area contributed by atoms with Crippen molar-refractivity contribution in [1.29, 1.82) is 0 Å². The number of sulfonamides is 1. The minimum Gasteiger partial charge on any atom is -0.282 e. The highest BCUT2D eigenvalue weighted by molar-refractivity contribution is 7.92. The van der Waals surface area contributed by atoms with Gasteiger partial charge in [-0.15, -0.1) is 11.3 Å². The topological polar surface area (TPSA) is 46.2 Å². The monoisotopic (exact) mass is 241 g/mol. The van der Waals surface area contributed by atoms with Crippen LogP contribution in [0.4, 0.5) is 5.69 Å². The Morgan fingerprint density at radius 3 is 2.60 bits per heavy atom. The van der Waals surface area contributed by atoms with E-state index in [1.54, 1.807) is 11.3 Å². The van der Waals surface area contributed by atoms with Gasteiger partial charge in [0, 0.05) is 15.0 Å². The summed E-state index contributed by atoms with van der Waals surface area (Å²) >= 11 is 1.59. The number of nitrogens with one attached hydrogen (secondary N) is 1. The largest absolute Gasteiger partial charge is 0.282 e. The SMILES string of the molecule is Cc1sc2ccccc2c1NS(C)(=O)=O. The van der Waals surface area contributed by atoms with E-state index in [2.05, 4.69) is 4.72 Å². The van der Waals surface area contributed by atoms with Gasteiger partial charge in [-0.25, -0.2) is 8.42 Å². The number of rotatable bonds is 2. The second-order valence-corrected chi connectivity index (χ2v) is 6.41. The Morgan fingerprint density at radius 2 is 1.93 bits per heavy atom. The number of hydrogen-bond donors (Lipinski definition) is 1. The summed E-state index contributed by atoms with van der Waals surface area (Å²) in [5.74, 6) is 0. The molecule has 80 valence electrons. The highest BCUT2D eigenvalue weighted by Crippen LogP contribution is 2.35. The van der Waals surface area contributed by atoms with Crippen LogP contribution in [-0.2, 0) is 10.0 Å². The van der Waals surface area contributed by atoms with E-state index in [-0.39, 0.29) is 0 Å². The van der Waals surface area contributed by atoms with Crippen LogP contribution in [-0.4, -0.2) is 14.7 Å². The molecule has 0 fully saturated rings. The Hall–Kier alpha value is -1.07. The predicted octanol–water partition coefficient (Wildman–Crippen LogP) is 2.58. The van der Waals surface area contributed by atoms with Crippen LogP contribution in [0.1, 0.15) is 4.88 Å². The lowest BCUT2D eigenvalue weighted by molar-refractivity contribution is 0.607. The Kier molecular flexibility index (Phi) is 2.44. The van der Waals surface area contributed by atoms with Gasteiger partial charge < -0.3 is 0 Å². The standard InChI is InChI=1S/C10H11NO2S2/c1-7-10(11-15(2,12)13)8-5-3-4-6-9(8)14-7/h3-6,11H,1-2H3. The molecule has 0 amide bonds. The van der Waals surface area contributed by atoms with Crippen molar-refractivity contribution in [2.24, 2.45) is 0 Å². The summed E-state index contributed by atoms with van der Waals surface area (Å²) in [6.07, 6.45) is 1.17. The molecule has 3 nitrogen and oxygen atoms in total. The maximum atomic E-state index is 11.2. The average Bonchev–Trinajstić information content (AvgIpc) is 2.41. The van der Waals surface area contributed by atoms with Crippen LogP contribution in [0.15, 0.2) is 24.3 Å². The minimum atomic E-state index is -3.20. The van der Waals surface area contributed by atoms with Crippen LogP contribution in [0.2, 0.25) is 0 Å². The molecule has 0 radical (unpaired) electrons. The fraction of sp³-hybridized carbons (Fsp3) is 0.200. The third-order valence-electron chi connectivity index (χ3n) is 2.06. The summed E-state index contributed by atoms with van der Waals surface area (Å²) in [5, 5.41) is 0.963. The van der Waals surface area contributed by atoms with Gasteiger partial charge in [0.1, 0.15) is 0 Å². The Morgan fingerprint density at radius 1 is 1.27 bits per heavy atom. The smallest absolute Gasteiger partial charge is 0.229 e. The van der Waals surface area contributed by atoms with E-state index in [9.17, 15) is 8.42 Å². The molecule has 0 bridgehead atoms. The van der Waals surface area contributed by atoms with Gasteiger partial charge in [-0.2, -0.15) is 0 Å². The Balaban J connectivity index is 2.64. The van der Waals surface area contributed by atoms with Gasteiger partial charge in [0.25, 0.3) is 0 Å². The first-order chi connectivity index (χ1) is 6.97. The fourth-order valence-corrected chi connectivity index (χ4v) is 3.20. The van der Waals surface area contributed by atoms with Crippen LogP contribution < -0.4 is 4.72 Å². The molecule has 0 saturated carbocycles. The van der Waals surface area contributed by atoms with E-state index >= 15 is 0 Å². The number of hydrogen-bond acceptors (Lipinski definition) is 3. The normalized spacial score (nSPS) is 11.9. The lowest BCUT2D eigenvalue weighted by Crippen LogP contribution is -2.09. The van der Waals surface area contributed by atoms with E-state index < -0.39 is 10.0 Å². The molecule has 15 heavy (non-hydrogen) atoms. The number of fused-ring (bicyclic) bond motifs is 1. The molecule has 5 heteroatoms. The quantitative estimate of drug-likeness (QED) is 0.878. The van der Waals surface area contributed by atoms with Crippen molar-refractivity contribution in [2.75, 3.05) is 11.0 Å². The fourth-order valence-electron chi connectivity index (χ4n) is 1.48. The molecule has 1 aromatic carbocycles. The van der Waals surface area contributed by atoms with Gasteiger partial charge in [0.2, 0.25) is 10.0 Å². The van der Waals surface area contributed by atoms with Crippen LogP contribution in [0.25, 0.3) is 10.1 Å². The molecule has 0 aliphatic rings. The molecule has 1 aromatic heterocycles. The zero-order valence-electron chi connectivity index (χ0n) is 8.44. The zero-order valence-corrected chi connectivity index (χ0v) is 10.1. The van der Waals surface area contributed by atoms with E-state index in [0.717, 1.165) is 15.0 Å². The summed E-state index contributed by atoms with van der Waals surface area (Å²) in [7, 11) is -3.20. The van der Waals surface area contributed by atoms with Crippen LogP contribution >= 0.6 is 11.3 Å². The van der Waals surface area contributed by atoms with Gasteiger partial charge in [-0.1, -0.05) is 18.2 Å². The van der Waals surface area contributed by atoms with Crippen LogP contribution in [0, 0.1) is 6.92 Å². The van der Waals surface area contributed by atoms with E-state index in [1.165, 1.54) is 6.26 Å². The van der Waals surface area contributed by atoms with Crippen molar-refractivity contribution < 1.29 is 8.42 Å². The molecular formula is C10H11NO2S2. The lowest BCUT2D eigenvalue weighted by atomic mass is 10.2. The first-order valence-electron chi connectivity index (χ1n) is 4.43. The molecule has 1 heterocycles. The first kappa shape index (κ1) is 10.4. The number of benzene rings is 1. The van der Waals surface area contributed by atoms with Crippen molar-refractivity contribution in [1.82, 2.24) is 0 Å². The summed E-state index contributed by atoms with van der Waals surface area (Å²) in [6.45, 7) is 1.91. The molecular weight excluding hydrogens is 230 g/mol. The van der Waals surface area contributed by atoms with Crippen LogP contribution in [0.5, 0.6) is 0 Å². The molecule has 2 rings (SSSR count). The maximum Gasteiger partial charge on any atom is 0.229 e. The number of anilines is 1. The summed E-state index contributed by atoms with van der Waals surface area (Å²) in [6, 6.07) is 7.76. The van der Waals surface area contributed by atoms with Crippen molar-refractivity contribution >= 4 is 37.1 Å². The third-order valence-corrected chi connectivity index (χ3v) is 3.72. The maximum absolute atomic E-state index is 11.2. The van der Waals surface area contributed by atoms with Gasteiger partial charge in [0.05, 0.1) is 11.9 Å². The summed E-state index contributed by atoms with van der Waals surface area (Å²) < 4.78 is 26.0. The average molecular weight is 241 g/mol. The molecule has 0 unspecified atom stereocenters. The molecule has 0 atom stereocenters. The number of aryl methyl sites for hydroxylation is 1. The molecule has 0 aliphatic carbocycles. The lowest BCUT2D eigenvalue weighted by Gasteiger charge is -2.03. The summed E-state index contributed by atoms with van der Waals surface area (Å²) in [4.78, 5) is 0.988. The highest BCUT2D eigenvalue weighted by Gasteiger charge is 2.11. The van der Waals surface area contributed by atoms with E-state index in [4.69, 9.17) is 0 Å².